The van der Waals surface area contributed by atoms with Gasteiger partial charge in [0.2, 0.25) is 0 Å². The van der Waals surface area contributed by atoms with Gasteiger partial charge in [0.05, 0.1) is 18.2 Å². The standard InChI is InChI=1S/C22H26ClNO6S.ClH/c1-3-28-22(25)21-15(2)12-17(13-19(21)29-14-16-8-10-24-11-9-16)30-31(26,27)20-7-5-4-6-18(20)23;/h4-7,12-13,16,24H,3,8-11,14H2,1-2H3;1H. The van der Waals surface area contributed by atoms with E-state index in [1.165, 1.54) is 24.3 Å². The Morgan fingerprint density at radius 2 is 1.88 bits per heavy atom. The van der Waals surface area contributed by atoms with Crippen molar-refractivity contribution in [1.82, 2.24) is 5.32 Å². The van der Waals surface area contributed by atoms with Crippen molar-refractivity contribution in [2.24, 2.45) is 5.92 Å². The van der Waals surface area contributed by atoms with Gasteiger partial charge in [0.25, 0.3) is 0 Å². The van der Waals surface area contributed by atoms with Crippen molar-refractivity contribution in [3.05, 3.63) is 52.5 Å². The Bertz CT molecular complexity index is 1040. The average molecular weight is 504 g/mol. The molecule has 1 heterocycles. The smallest absolute Gasteiger partial charge is 0.342 e. The monoisotopic (exact) mass is 503 g/mol. The van der Waals surface area contributed by atoms with Gasteiger partial charge in [-0.05, 0) is 69.5 Å². The fourth-order valence-electron chi connectivity index (χ4n) is 3.42. The Hall–Kier alpha value is -2.00. The van der Waals surface area contributed by atoms with Crippen LogP contribution in [0.15, 0.2) is 41.3 Å². The third-order valence-corrected chi connectivity index (χ3v) is 6.75. The number of carbonyl (C=O) groups is 1. The van der Waals surface area contributed by atoms with E-state index < -0.39 is 16.1 Å². The van der Waals surface area contributed by atoms with Gasteiger partial charge in [-0.1, -0.05) is 23.7 Å². The number of nitrogens with one attached hydrogen (secondary N) is 1. The van der Waals surface area contributed by atoms with Crippen LogP contribution >= 0.6 is 24.0 Å². The summed E-state index contributed by atoms with van der Waals surface area (Å²) in [5, 5.41) is 3.36. The number of aryl methyl sites for hydroxylation is 1. The minimum Gasteiger partial charge on any atom is -0.492 e. The second kappa shape index (κ2) is 11.7. The van der Waals surface area contributed by atoms with E-state index in [2.05, 4.69) is 5.32 Å². The molecule has 176 valence electrons. The number of ether oxygens (including phenoxy) is 2. The second-order valence-electron chi connectivity index (χ2n) is 7.31. The third kappa shape index (κ3) is 6.51. The van der Waals surface area contributed by atoms with Gasteiger partial charge in [-0.3, -0.25) is 0 Å². The van der Waals surface area contributed by atoms with E-state index in [0.717, 1.165) is 25.9 Å². The maximum Gasteiger partial charge on any atom is 0.342 e. The molecule has 3 rings (SSSR count). The van der Waals surface area contributed by atoms with Crippen LogP contribution in [0.3, 0.4) is 0 Å². The first-order valence-electron chi connectivity index (χ1n) is 10.2. The number of halogens is 2. The van der Waals surface area contributed by atoms with Gasteiger partial charge in [0.1, 0.15) is 22.0 Å². The van der Waals surface area contributed by atoms with E-state index in [-0.39, 0.29) is 46.0 Å². The van der Waals surface area contributed by atoms with Gasteiger partial charge in [-0.2, -0.15) is 8.42 Å². The highest BCUT2D eigenvalue weighted by atomic mass is 35.5. The van der Waals surface area contributed by atoms with E-state index in [1.54, 1.807) is 26.0 Å². The van der Waals surface area contributed by atoms with E-state index >= 15 is 0 Å². The minimum absolute atomic E-state index is 0. The summed E-state index contributed by atoms with van der Waals surface area (Å²) in [4.78, 5) is 12.4. The summed E-state index contributed by atoms with van der Waals surface area (Å²) in [5.74, 6) is 0.0842. The molecule has 7 nitrogen and oxygen atoms in total. The van der Waals surface area contributed by atoms with Crippen molar-refractivity contribution in [2.75, 3.05) is 26.3 Å². The lowest BCUT2D eigenvalue weighted by Crippen LogP contribution is -2.30. The van der Waals surface area contributed by atoms with Crippen LogP contribution in [0.5, 0.6) is 11.5 Å². The molecule has 1 fully saturated rings. The van der Waals surface area contributed by atoms with Crippen LogP contribution in [0.2, 0.25) is 5.02 Å². The van der Waals surface area contributed by atoms with Crippen LogP contribution < -0.4 is 14.2 Å². The van der Waals surface area contributed by atoms with E-state index in [0.29, 0.717) is 18.1 Å². The summed E-state index contributed by atoms with van der Waals surface area (Å²) in [6, 6.07) is 8.91. The number of esters is 1. The van der Waals surface area contributed by atoms with Gasteiger partial charge < -0.3 is 19.0 Å². The Kier molecular flexibility index (Phi) is 9.64. The number of rotatable bonds is 8. The first-order chi connectivity index (χ1) is 14.8. The predicted octanol–water partition coefficient (Wildman–Crippen LogP) is 4.39. The van der Waals surface area contributed by atoms with Crippen LogP contribution in [-0.2, 0) is 14.9 Å². The minimum atomic E-state index is -4.17. The molecular weight excluding hydrogens is 477 g/mol. The average Bonchev–Trinajstić information content (AvgIpc) is 2.72. The summed E-state index contributed by atoms with van der Waals surface area (Å²) in [6.07, 6.45) is 1.93. The van der Waals surface area contributed by atoms with Crippen LogP contribution in [-0.4, -0.2) is 40.7 Å². The van der Waals surface area contributed by atoms with Crippen LogP contribution in [0, 0.1) is 12.8 Å². The molecule has 0 saturated carbocycles. The number of piperidine rings is 1. The molecule has 2 aromatic carbocycles. The molecule has 1 N–H and O–H groups in total. The maximum absolute atomic E-state index is 12.7. The second-order valence-corrected chi connectivity index (χ2v) is 9.23. The summed E-state index contributed by atoms with van der Waals surface area (Å²) >= 11 is 6.02. The third-order valence-electron chi connectivity index (χ3n) is 5.00. The van der Waals surface area contributed by atoms with Crippen molar-refractivity contribution in [3.8, 4) is 11.5 Å². The number of carbonyl (C=O) groups excluding carboxylic acids is 1. The Labute approximate surface area is 199 Å². The molecule has 0 bridgehead atoms. The predicted molar refractivity (Wildman–Crippen MR) is 125 cm³/mol. The quantitative estimate of drug-likeness (QED) is 0.421. The van der Waals surface area contributed by atoms with Crippen molar-refractivity contribution in [2.45, 2.75) is 31.6 Å². The van der Waals surface area contributed by atoms with Crippen molar-refractivity contribution < 1.29 is 26.9 Å². The van der Waals surface area contributed by atoms with E-state index in [1.807, 2.05) is 0 Å². The molecule has 10 heteroatoms. The fourth-order valence-corrected chi connectivity index (χ4v) is 4.84. The molecule has 1 aliphatic rings. The molecule has 0 aliphatic carbocycles. The molecule has 0 unspecified atom stereocenters. The zero-order valence-corrected chi connectivity index (χ0v) is 20.3. The summed E-state index contributed by atoms with van der Waals surface area (Å²) in [6.45, 7) is 5.85. The van der Waals surface area contributed by atoms with Crippen molar-refractivity contribution in [1.29, 1.82) is 0 Å². The van der Waals surface area contributed by atoms with Crippen LogP contribution in [0.25, 0.3) is 0 Å². The molecule has 2 aromatic rings. The lowest BCUT2D eigenvalue weighted by atomic mass is 9.99. The highest BCUT2D eigenvalue weighted by Crippen LogP contribution is 2.33. The summed E-state index contributed by atoms with van der Waals surface area (Å²) in [7, 11) is -4.17. The van der Waals surface area contributed by atoms with Crippen molar-refractivity contribution in [3.63, 3.8) is 0 Å². The molecule has 1 saturated heterocycles. The largest absolute Gasteiger partial charge is 0.492 e. The molecule has 32 heavy (non-hydrogen) atoms. The fraction of sp³-hybridized carbons (Fsp3) is 0.409. The zero-order chi connectivity index (χ0) is 22.4. The molecule has 0 spiro atoms. The zero-order valence-electron chi connectivity index (χ0n) is 17.9. The summed E-state index contributed by atoms with van der Waals surface area (Å²) in [5.41, 5.74) is 0.754. The molecule has 0 amide bonds. The van der Waals surface area contributed by atoms with Crippen LogP contribution in [0.1, 0.15) is 35.7 Å². The molecule has 0 aromatic heterocycles. The Morgan fingerprint density at radius 3 is 2.53 bits per heavy atom. The number of hydrogen-bond acceptors (Lipinski definition) is 7. The molecular formula is C22H27Cl2NO6S. The van der Waals surface area contributed by atoms with Crippen molar-refractivity contribution >= 4 is 40.1 Å². The lowest BCUT2D eigenvalue weighted by molar-refractivity contribution is 0.0519. The van der Waals surface area contributed by atoms with E-state index in [4.69, 9.17) is 25.3 Å². The van der Waals surface area contributed by atoms with Gasteiger partial charge in [-0.15, -0.1) is 12.4 Å². The molecule has 0 radical (unpaired) electrons. The summed E-state index contributed by atoms with van der Waals surface area (Å²) < 4.78 is 41.9. The van der Waals surface area contributed by atoms with Gasteiger partial charge in [0, 0.05) is 6.07 Å². The normalized spacial score (nSPS) is 14.3. The topological polar surface area (TPSA) is 90.9 Å². The highest BCUT2D eigenvalue weighted by molar-refractivity contribution is 7.87. The molecule has 1 aliphatic heterocycles. The Morgan fingerprint density at radius 1 is 1.19 bits per heavy atom. The maximum atomic E-state index is 12.7. The first-order valence-corrected chi connectivity index (χ1v) is 11.9. The van der Waals surface area contributed by atoms with E-state index in [9.17, 15) is 13.2 Å². The van der Waals surface area contributed by atoms with Gasteiger partial charge >= 0.3 is 16.1 Å². The lowest BCUT2D eigenvalue weighted by Gasteiger charge is -2.23. The van der Waals surface area contributed by atoms with Gasteiger partial charge in [0.15, 0.2) is 0 Å². The highest BCUT2D eigenvalue weighted by Gasteiger charge is 2.24. The van der Waals surface area contributed by atoms with Crippen LogP contribution in [0.4, 0.5) is 0 Å². The number of hydrogen-bond donors (Lipinski definition) is 1. The SMILES string of the molecule is CCOC(=O)c1c(C)cc(OS(=O)(=O)c2ccccc2Cl)cc1OCC1CCNCC1.Cl. The van der Waals surface area contributed by atoms with Gasteiger partial charge in [-0.25, -0.2) is 4.79 Å². The number of benzene rings is 2. The first kappa shape index (κ1) is 26.3. The Balaban J connectivity index is 0.00000363. The molecule has 0 atom stereocenters.